The lowest BCUT2D eigenvalue weighted by Crippen LogP contribution is -2.27. The highest BCUT2D eigenvalue weighted by molar-refractivity contribution is 5.91. The third kappa shape index (κ3) is 3.57. The summed E-state index contributed by atoms with van der Waals surface area (Å²) in [4.78, 5) is 4.46. The fourth-order valence-electron chi connectivity index (χ4n) is 3.32. The van der Waals surface area contributed by atoms with E-state index in [1.165, 1.54) is 0 Å². The number of amidine groups is 1. The molecule has 1 aliphatic rings. The van der Waals surface area contributed by atoms with Gasteiger partial charge in [-0.15, -0.1) is 17.5 Å². The van der Waals surface area contributed by atoms with Gasteiger partial charge in [-0.25, -0.2) is 4.68 Å². The van der Waals surface area contributed by atoms with Gasteiger partial charge in [0.2, 0.25) is 11.7 Å². The van der Waals surface area contributed by atoms with Crippen LogP contribution in [0.4, 0.5) is 0 Å². The van der Waals surface area contributed by atoms with Crippen molar-refractivity contribution in [2.45, 2.75) is 24.8 Å². The van der Waals surface area contributed by atoms with Crippen LogP contribution in [0, 0.1) is 5.41 Å². The van der Waals surface area contributed by atoms with Crippen LogP contribution in [0.3, 0.4) is 0 Å². The van der Waals surface area contributed by atoms with Crippen LogP contribution in [0.2, 0.25) is 0 Å². The predicted octanol–water partition coefficient (Wildman–Crippen LogP) is 3.43. The Morgan fingerprint density at radius 1 is 1.07 bits per heavy atom. The number of benzene rings is 2. The van der Waals surface area contributed by atoms with Gasteiger partial charge < -0.3 is 10.3 Å². The van der Waals surface area contributed by atoms with Crippen molar-refractivity contribution in [2.75, 3.05) is 0 Å². The van der Waals surface area contributed by atoms with E-state index in [0.29, 0.717) is 18.3 Å². The molecule has 1 fully saturated rings. The topological polar surface area (TPSA) is 120 Å². The van der Waals surface area contributed by atoms with E-state index in [-0.39, 0.29) is 18.2 Å². The quantitative estimate of drug-likeness (QED) is 0.363. The van der Waals surface area contributed by atoms with Crippen molar-refractivity contribution >= 4 is 18.2 Å². The zero-order chi connectivity index (χ0) is 19.8. The second-order valence-corrected chi connectivity index (χ2v) is 7.28. The molecule has 9 heteroatoms. The standard InChI is InChI=1S/C21H19N7O.ClH/c22-19(23)21(10-11-21)20-24-18(26-29-20)16-8-6-14(7-9-16)12-28-13-17(25-27-28)15-4-2-1-3-5-15;/h1-9,13H,10-12H2,(H3,22,23);1H. The zero-order valence-electron chi connectivity index (χ0n) is 16.0. The first-order valence-electron chi connectivity index (χ1n) is 9.38. The second kappa shape index (κ2) is 7.72. The van der Waals surface area contributed by atoms with Crippen LogP contribution < -0.4 is 5.73 Å². The number of hydrogen-bond acceptors (Lipinski definition) is 6. The minimum absolute atomic E-state index is 0. The number of nitrogens with zero attached hydrogens (tertiary/aromatic N) is 5. The zero-order valence-corrected chi connectivity index (χ0v) is 16.8. The van der Waals surface area contributed by atoms with Gasteiger partial charge in [-0.05, 0) is 18.4 Å². The molecule has 0 saturated heterocycles. The summed E-state index contributed by atoms with van der Waals surface area (Å²) in [6.45, 7) is 0.616. The van der Waals surface area contributed by atoms with Crippen molar-refractivity contribution in [1.29, 1.82) is 5.41 Å². The molecule has 1 aliphatic carbocycles. The highest BCUT2D eigenvalue weighted by atomic mass is 35.5. The molecule has 0 atom stereocenters. The van der Waals surface area contributed by atoms with Crippen LogP contribution in [0.15, 0.2) is 65.3 Å². The average Bonchev–Trinajstić information content (AvgIpc) is 3.19. The van der Waals surface area contributed by atoms with Crippen LogP contribution in [-0.2, 0) is 12.0 Å². The molecule has 1 saturated carbocycles. The molecule has 152 valence electrons. The average molecular weight is 422 g/mol. The van der Waals surface area contributed by atoms with Crippen LogP contribution in [-0.4, -0.2) is 31.0 Å². The van der Waals surface area contributed by atoms with Crippen LogP contribution in [0.5, 0.6) is 0 Å². The lowest BCUT2D eigenvalue weighted by Gasteiger charge is -2.05. The van der Waals surface area contributed by atoms with E-state index in [1.54, 1.807) is 0 Å². The van der Waals surface area contributed by atoms with Crippen molar-refractivity contribution in [1.82, 2.24) is 25.1 Å². The number of nitrogens with two attached hydrogens (primary N) is 1. The van der Waals surface area contributed by atoms with E-state index in [0.717, 1.165) is 35.2 Å². The molecule has 2 aromatic heterocycles. The molecular weight excluding hydrogens is 402 g/mol. The molecule has 0 amide bonds. The van der Waals surface area contributed by atoms with E-state index >= 15 is 0 Å². The molecule has 4 aromatic rings. The molecule has 8 nitrogen and oxygen atoms in total. The van der Waals surface area contributed by atoms with Crippen molar-refractivity contribution in [2.24, 2.45) is 5.73 Å². The van der Waals surface area contributed by atoms with E-state index in [2.05, 4.69) is 20.5 Å². The maximum Gasteiger partial charge on any atom is 0.240 e. The molecule has 3 N–H and O–H groups in total. The minimum Gasteiger partial charge on any atom is -0.387 e. The number of nitrogens with one attached hydrogen (secondary N) is 1. The molecule has 0 spiro atoms. The fraction of sp³-hybridized carbons (Fsp3) is 0.190. The number of halogens is 1. The van der Waals surface area contributed by atoms with Crippen molar-refractivity contribution in [3.05, 3.63) is 72.2 Å². The Bertz CT molecular complexity index is 1160. The summed E-state index contributed by atoms with van der Waals surface area (Å²) in [6, 6.07) is 17.9. The highest BCUT2D eigenvalue weighted by Crippen LogP contribution is 2.47. The summed E-state index contributed by atoms with van der Waals surface area (Å²) in [7, 11) is 0. The largest absolute Gasteiger partial charge is 0.387 e. The molecule has 2 heterocycles. The van der Waals surface area contributed by atoms with Gasteiger partial charge in [0.15, 0.2) is 0 Å². The first kappa shape index (κ1) is 19.8. The summed E-state index contributed by atoms with van der Waals surface area (Å²) in [5.41, 5.74) is 8.97. The Hall–Kier alpha value is -3.52. The monoisotopic (exact) mass is 421 g/mol. The molecule has 5 rings (SSSR count). The Morgan fingerprint density at radius 2 is 1.80 bits per heavy atom. The van der Waals surface area contributed by atoms with Crippen molar-refractivity contribution in [3.63, 3.8) is 0 Å². The van der Waals surface area contributed by atoms with Crippen LogP contribution >= 0.6 is 12.4 Å². The van der Waals surface area contributed by atoms with Gasteiger partial charge >= 0.3 is 0 Å². The van der Waals surface area contributed by atoms with Crippen LogP contribution in [0.1, 0.15) is 24.3 Å². The summed E-state index contributed by atoms with van der Waals surface area (Å²) < 4.78 is 7.19. The lowest BCUT2D eigenvalue weighted by atomic mass is 10.1. The fourth-order valence-corrected chi connectivity index (χ4v) is 3.32. The molecule has 0 unspecified atom stereocenters. The second-order valence-electron chi connectivity index (χ2n) is 7.28. The van der Waals surface area contributed by atoms with Gasteiger partial charge in [0, 0.05) is 11.1 Å². The summed E-state index contributed by atoms with van der Waals surface area (Å²) in [5, 5.41) is 20.3. The number of aromatic nitrogens is 5. The van der Waals surface area contributed by atoms with E-state index < -0.39 is 5.41 Å². The third-order valence-electron chi connectivity index (χ3n) is 5.27. The Kier molecular flexibility index (Phi) is 5.09. The first-order chi connectivity index (χ1) is 14.1. The highest BCUT2D eigenvalue weighted by Gasteiger charge is 2.52. The molecular formula is C21H20ClN7O. The van der Waals surface area contributed by atoms with Gasteiger partial charge in [-0.3, -0.25) is 5.41 Å². The molecule has 0 radical (unpaired) electrons. The van der Waals surface area contributed by atoms with Gasteiger partial charge in [0.25, 0.3) is 0 Å². The third-order valence-corrected chi connectivity index (χ3v) is 5.27. The van der Waals surface area contributed by atoms with Crippen molar-refractivity contribution < 1.29 is 4.52 Å². The number of rotatable bonds is 6. The van der Waals surface area contributed by atoms with E-state index in [4.69, 9.17) is 15.7 Å². The Morgan fingerprint density at radius 3 is 2.47 bits per heavy atom. The predicted molar refractivity (Wildman–Crippen MR) is 114 cm³/mol. The van der Waals surface area contributed by atoms with Gasteiger partial charge in [0.05, 0.1) is 12.7 Å². The van der Waals surface area contributed by atoms with Gasteiger partial charge in [0.1, 0.15) is 16.9 Å². The maximum atomic E-state index is 7.74. The van der Waals surface area contributed by atoms with Gasteiger partial charge in [-0.2, -0.15) is 4.98 Å². The maximum absolute atomic E-state index is 7.74. The summed E-state index contributed by atoms with van der Waals surface area (Å²) in [6.07, 6.45) is 3.50. The lowest BCUT2D eigenvalue weighted by molar-refractivity contribution is 0.367. The smallest absolute Gasteiger partial charge is 0.240 e. The summed E-state index contributed by atoms with van der Waals surface area (Å²) in [5.74, 6) is 1.03. The molecule has 2 aromatic carbocycles. The van der Waals surface area contributed by atoms with E-state index in [9.17, 15) is 0 Å². The van der Waals surface area contributed by atoms with Crippen LogP contribution in [0.25, 0.3) is 22.6 Å². The minimum atomic E-state index is -0.547. The SMILES string of the molecule is Cl.N=C(N)C1(c2nc(-c3ccc(Cn4cc(-c5ccccc5)nn4)cc3)no2)CC1. The summed E-state index contributed by atoms with van der Waals surface area (Å²) >= 11 is 0. The van der Waals surface area contributed by atoms with E-state index in [1.807, 2.05) is 65.5 Å². The Balaban J connectivity index is 0.00000218. The van der Waals surface area contributed by atoms with Gasteiger partial charge in [-0.1, -0.05) is 65.0 Å². The molecule has 30 heavy (non-hydrogen) atoms. The normalized spacial score (nSPS) is 14.1. The van der Waals surface area contributed by atoms with Crippen molar-refractivity contribution in [3.8, 4) is 22.6 Å². The Labute approximate surface area is 179 Å². The molecule has 0 bridgehead atoms. The molecule has 0 aliphatic heterocycles. The number of hydrogen-bond donors (Lipinski definition) is 2. The first-order valence-corrected chi connectivity index (χ1v) is 9.38.